The number of carbonyl (C=O) groups is 1. The number of nitrogens with zero attached hydrogens (tertiary/aromatic N) is 4. The Bertz CT molecular complexity index is 1410. The maximum Gasteiger partial charge on any atom is 0.257 e. The molecule has 3 heterocycles. The second-order valence-corrected chi connectivity index (χ2v) is 8.95. The van der Waals surface area contributed by atoms with Gasteiger partial charge in [0.25, 0.3) is 5.91 Å². The van der Waals surface area contributed by atoms with Crippen LogP contribution in [-0.4, -0.2) is 44.6 Å². The van der Waals surface area contributed by atoms with Gasteiger partial charge in [-0.3, -0.25) is 9.59 Å². The van der Waals surface area contributed by atoms with E-state index in [4.69, 9.17) is 0 Å². The molecular weight excluding hydrogens is 444 g/mol. The third kappa shape index (κ3) is 4.92. The maximum atomic E-state index is 13.5. The second kappa shape index (κ2) is 9.67. The van der Waals surface area contributed by atoms with E-state index < -0.39 is 0 Å². The van der Waals surface area contributed by atoms with E-state index in [-0.39, 0.29) is 17.5 Å². The lowest BCUT2D eigenvalue weighted by Crippen LogP contribution is -2.24. The van der Waals surface area contributed by atoms with Crippen LogP contribution in [0.2, 0.25) is 0 Å². The Hall–Kier alpha value is -4.05. The molecule has 1 fully saturated rings. The lowest BCUT2D eigenvalue weighted by Gasteiger charge is -2.22. The van der Waals surface area contributed by atoms with E-state index in [1.165, 1.54) is 0 Å². The van der Waals surface area contributed by atoms with Crippen molar-refractivity contribution in [3.63, 3.8) is 0 Å². The molecule has 180 valence electrons. The van der Waals surface area contributed by atoms with E-state index in [9.17, 15) is 9.59 Å². The summed E-state index contributed by atoms with van der Waals surface area (Å²) in [5.74, 6) is 0.422. The number of carbonyl (C=O) groups excluding carboxylic acids is 1. The second-order valence-electron chi connectivity index (χ2n) is 8.95. The van der Waals surface area contributed by atoms with Crippen LogP contribution in [0.15, 0.2) is 47.3 Å². The van der Waals surface area contributed by atoms with Crippen LogP contribution in [0, 0.1) is 6.92 Å². The summed E-state index contributed by atoms with van der Waals surface area (Å²) in [4.78, 5) is 30.4. The van der Waals surface area contributed by atoms with Crippen LogP contribution in [0.25, 0.3) is 10.9 Å². The highest BCUT2D eigenvalue weighted by Gasteiger charge is 2.21. The van der Waals surface area contributed by atoms with E-state index in [0.29, 0.717) is 23.6 Å². The molecule has 35 heavy (non-hydrogen) atoms. The molecule has 2 aromatic heterocycles. The van der Waals surface area contributed by atoms with Crippen LogP contribution in [0.3, 0.4) is 0 Å². The minimum Gasteiger partial charge on any atom is -0.371 e. The van der Waals surface area contributed by atoms with Gasteiger partial charge in [-0.05, 0) is 68.1 Å². The Morgan fingerprint density at radius 3 is 2.74 bits per heavy atom. The fourth-order valence-corrected chi connectivity index (χ4v) is 4.52. The van der Waals surface area contributed by atoms with Crippen molar-refractivity contribution in [1.82, 2.24) is 30.9 Å². The summed E-state index contributed by atoms with van der Waals surface area (Å²) >= 11 is 0. The van der Waals surface area contributed by atoms with Crippen LogP contribution in [-0.2, 0) is 6.54 Å². The Morgan fingerprint density at radius 1 is 1.14 bits per heavy atom. The van der Waals surface area contributed by atoms with Crippen LogP contribution in [0.5, 0.6) is 0 Å². The van der Waals surface area contributed by atoms with Gasteiger partial charge in [0, 0.05) is 48.0 Å². The molecule has 0 aliphatic carbocycles. The summed E-state index contributed by atoms with van der Waals surface area (Å²) in [6.07, 6.45) is 2.24. The average molecular weight is 473 g/mol. The number of aryl methyl sites for hydroxylation is 1. The molecule has 0 bridgehead atoms. The number of amides is 1. The number of aromatic nitrogens is 5. The minimum absolute atomic E-state index is 0.0865. The summed E-state index contributed by atoms with van der Waals surface area (Å²) < 4.78 is 0. The molecule has 5 rings (SSSR count). The number of benzene rings is 2. The molecular formula is C25H28N8O2. The van der Waals surface area contributed by atoms with Crippen molar-refractivity contribution in [2.75, 3.05) is 23.3 Å². The Kier molecular flexibility index (Phi) is 6.28. The van der Waals surface area contributed by atoms with Crippen molar-refractivity contribution >= 4 is 28.2 Å². The smallest absolute Gasteiger partial charge is 0.257 e. The molecule has 4 aromatic rings. The first kappa shape index (κ1) is 22.7. The summed E-state index contributed by atoms with van der Waals surface area (Å²) in [7, 11) is 0. The molecule has 0 saturated carbocycles. The summed E-state index contributed by atoms with van der Waals surface area (Å²) in [6.45, 7) is 6.29. The highest BCUT2D eigenvalue weighted by molar-refractivity contribution is 6.09. The van der Waals surface area contributed by atoms with E-state index in [1.54, 1.807) is 6.07 Å². The van der Waals surface area contributed by atoms with Crippen molar-refractivity contribution in [1.29, 1.82) is 0 Å². The number of hydrogen-bond donors (Lipinski definition) is 4. The third-order valence-corrected chi connectivity index (χ3v) is 6.42. The molecule has 0 radical (unpaired) electrons. The molecule has 1 aliphatic rings. The Balaban J connectivity index is 1.40. The van der Waals surface area contributed by atoms with Gasteiger partial charge < -0.3 is 20.5 Å². The van der Waals surface area contributed by atoms with Gasteiger partial charge in [-0.1, -0.05) is 11.3 Å². The van der Waals surface area contributed by atoms with Gasteiger partial charge in [0.05, 0.1) is 11.6 Å². The summed E-state index contributed by atoms with van der Waals surface area (Å²) in [6, 6.07) is 13.0. The normalized spacial score (nSPS) is 14.4. The first-order chi connectivity index (χ1) is 17.0. The molecule has 10 nitrogen and oxygen atoms in total. The Labute approximate surface area is 202 Å². The highest BCUT2D eigenvalue weighted by atomic mass is 16.1. The fourth-order valence-electron chi connectivity index (χ4n) is 4.52. The SMILES string of the molecule is Cc1cc(=O)[nH]c2ccc(NC(=O)c3cc(CNC(C)c4nn[nH]n4)ccc3N3CCCC3)cc12. The fraction of sp³-hybridized carbons (Fsp3) is 0.320. The first-order valence-corrected chi connectivity index (χ1v) is 11.8. The highest BCUT2D eigenvalue weighted by Crippen LogP contribution is 2.28. The molecule has 1 atom stereocenters. The molecule has 1 saturated heterocycles. The minimum atomic E-state index is -0.165. The summed E-state index contributed by atoms with van der Waals surface area (Å²) in [5, 5.41) is 21.4. The van der Waals surface area contributed by atoms with Gasteiger partial charge in [-0.2, -0.15) is 5.21 Å². The lowest BCUT2D eigenvalue weighted by molar-refractivity contribution is 0.102. The quantitative estimate of drug-likeness (QED) is 0.325. The number of rotatable bonds is 7. The van der Waals surface area contributed by atoms with Crippen molar-refractivity contribution < 1.29 is 4.79 Å². The van der Waals surface area contributed by atoms with E-state index in [1.807, 2.05) is 44.2 Å². The average Bonchev–Trinajstić information content (AvgIpc) is 3.57. The summed E-state index contributed by atoms with van der Waals surface area (Å²) in [5.41, 5.74) is 4.71. The molecule has 1 amide bonds. The monoisotopic (exact) mass is 472 g/mol. The Morgan fingerprint density at radius 2 is 1.97 bits per heavy atom. The number of H-pyrrole nitrogens is 2. The van der Waals surface area contributed by atoms with E-state index >= 15 is 0 Å². The lowest BCUT2D eigenvalue weighted by atomic mass is 10.1. The largest absolute Gasteiger partial charge is 0.371 e. The van der Waals surface area contributed by atoms with Gasteiger partial charge >= 0.3 is 0 Å². The van der Waals surface area contributed by atoms with E-state index in [0.717, 1.165) is 53.6 Å². The first-order valence-electron chi connectivity index (χ1n) is 11.8. The zero-order chi connectivity index (χ0) is 24.4. The topological polar surface area (TPSA) is 132 Å². The number of tetrazole rings is 1. The van der Waals surface area contributed by atoms with Gasteiger partial charge in [0.15, 0.2) is 5.82 Å². The van der Waals surface area contributed by atoms with Gasteiger partial charge in [-0.25, -0.2) is 0 Å². The molecule has 1 unspecified atom stereocenters. The van der Waals surface area contributed by atoms with E-state index in [2.05, 4.69) is 47.2 Å². The molecule has 10 heteroatoms. The van der Waals surface area contributed by atoms with Gasteiger partial charge in [0.2, 0.25) is 5.56 Å². The zero-order valence-corrected chi connectivity index (χ0v) is 19.8. The molecule has 4 N–H and O–H groups in total. The van der Waals surface area contributed by atoms with Gasteiger partial charge in [-0.15, -0.1) is 10.2 Å². The maximum absolute atomic E-state index is 13.5. The third-order valence-electron chi connectivity index (χ3n) is 6.42. The van der Waals surface area contributed by atoms with Crippen molar-refractivity contribution in [3.05, 3.63) is 75.3 Å². The predicted octanol–water partition coefficient (Wildman–Crippen LogP) is 3.05. The molecule has 0 spiro atoms. The number of anilines is 2. The zero-order valence-electron chi connectivity index (χ0n) is 19.8. The number of fused-ring (bicyclic) bond motifs is 1. The number of pyridine rings is 1. The number of aromatic amines is 2. The van der Waals surface area contributed by atoms with Crippen molar-refractivity contribution in [2.45, 2.75) is 39.3 Å². The number of nitrogens with one attached hydrogen (secondary N) is 4. The molecule has 1 aliphatic heterocycles. The van der Waals surface area contributed by atoms with Crippen LogP contribution >= 0.6 is 0 Å². The van der Waals surface area contributed by atoms with Crippen molar-refractivity contribution in [3.8, 4) is 0 Å². The standard InChI is InChI=1S/C25H28N8O2/c1-15-11-23(34)28-21-7-6-18(13-19(15)21)27-25(35)20-12-17(5-8-22(20)33-9-3-4-10-33)14-26-16(2)24-29-31-32-30-24/h5-8,11-13,16,26H,3-4,9-10,14H2,1-2H3,(H,27,35)(H,28,34)(H,29,30,31,32). The van der Waals surface area contributed by atoms with Gasteiger partial charge in [0.1, 0.15) is 0 Å². The predicted molar refractivity (Wildman–Crippen MR) is 135 cm³/mol. The number of hydrogen-bond acceptors (Lipinski definition) is 7. The van der Waals surface area contributed by atoms with Crippen molar-refractivity contribution in [2.24, 2.45) is 0 Å². The van der Waals surface area contributed by atoms with Crippen LogP contribution in [0.4, 0.5) is 11.4 Å². The van der Waals surface area contributed by atoms with Crippen LogP contribution in [0.1, 0.15) is 53.1 Å². The van der Waals surface area contributed by atoms with Crippen LogP contribution < -0.4 is 21.1 Å². The molecule has 2 aromatic carbocycles.